The number of hydrogen-bond donors (Lipinski definition) is 1. The van der Waals surface area contributed by atoms with Crippen molar-refractivity contribution in [3.63, 3.8) is 0 Å². The summed E-state index contributed by atoms with van der Waals surface area (Å²) in [5.74, 6) is 0.502. The monoisotopic (exact) mass is 246 g/mol. The molecule has 18 heavy (non-hydrogen) atoms. The Morgan fingerprint density at radius 2 is 2.06 bits per heavy atom. The van der Waals surface area contributed by atoms with Crippen molar-refractivity contribution in [1.29, 1.82) is 5.26 Å². The molecule has 0 unspecified atom stereocenters. The summed E-state index contributed by atoms with van der Waals surface area (Å²) in [6.45, 7) is 1.82. The zero-order valence-electron chi connectivity index (χ0n) is 10.6. The highest BCUT2D eigenvalue weighted by Gasteiger charge is 2.25. The molecule has 96 valence electrons. The van der Waals surface area contributed by atoms with Gasteiger partial charge in [-0.3, -0.25) is 4.90 Å². The highest BCUT2D eigenvalue weighted by Crippen LogP contribution is 2.36. The summed E-state index contributed by atoms with van der Waals surface area (Å²) in [4.78, 5) is 2.12. The predicted molar refractivity (Wildman–Crippen MR) is 68.4 cm³/mol. The Kier molecular flexibility index (Phi) is 4.06. The maximum absolute atomic E-state index is 10.1. The number of benzene rings is 1. The third kappa shape index (κ3) is 2.41. The van der Waals surface area contributed by atoms with E-state index in [0.29, 0.717) is 11.3 Å². The summed E-state index contributed by atoms with van der Waals surface area (Å²) in [6, 6.07) is 7.20. The summed E-state index contributed by atoms with van der Waals surface area (Å²) in [7, 11) is 1.51. The SMILES string of the molecule is COc1cccc([C@H](C#N)N2CCCCC2)c1O. The number of likely N-dealkylation sites (tertiary alicyclic amines) is 1. The van der Waals surface area contributed by atoms with E-state index in [2.05, 4.69) is 11.0 Å². The smallest absolute Gasteiger partial charge is 0.163 e. The maximum atomic E-state index is 10.1. The molecule has 1 fully saturated rings. The Hall–Kier alpha value is -1.73. The van der Waals surface area contributed by atoms with E-state index in [4.69, 9.17) is 4.74 Å². The molecule has 0 aromatic heterocycles. The van der Waals surface area contributed by atoms with Crippen LogP contribution in [0.3, 0.4) is 0 Å². The lowest BCUT2D eigenvalue weighted by Crippen LogP contribution is -2.33. The fourth-order valence-electron chi connectivity index (χ4n) is 2.45. The van der Waals surface area contributed by atoms with Gasteiger partial charge in [-0.2, -0.15) is 5.26 Å². The van der Waals surface area contributed by atoms with Crippen LogP contribution in [0.1, 0.15) is 30.9 Å². The molecule has 0 saturated carbocycles. The molecular weight excluding hydrogens is 228 g/mol. The first-order valence-corrected chi connectivity index (χ1v) is 6.27. The van der Waals surface area contributed by atoms with Crippen molar-refractivity contribution in [1.82, 2.24) is 4.90 Å². The summed E-state index contributed by atoms with van der Waals surface area (Å²) in [5, 5.41) is 19.5. The molecular formula is C14H18N2O2. The maximum Gasteiger partial charge on any atom is 0.163 e. The Bertz CT molecular complexity index is 448. The van der Waals surface area contributed by atoms with E-state index in [1.807, 2.05) is 6.07 Å². The van der Waals surface area contributed by atoms with Crippen molar-refractivity contribution in [3.05, 3.63) is 23.8 Å². The van der Waals surface area contributed by atoms with Crippen LogP contribution in [-0.4, -0.2) is 30.2 Å². The number of aromatic hydroxyl groups is 1. The Morgan fingerprint density at radius 3 is 2.67 bits per heavy atom. The average Bonchev–Trinajstić information content (AvgIpc) is 2.43. The Labute approximate surface area is 107 Å². The number of nitrogens with zero attached hydrogens (tertiary/aromatic N) is 2. The van der Waals surface area contributed by atoms with E-state index < -0.39 is 0 Å². The van der Waals surface area contributed by atoms with Gasteiger partial charge in [0.2, 0.25) is 0 Å². The van der Waals surface area contributed by atoms with Gasteiger partial charge in [-0.15, -0.1) is 0 Å². The van der Waals surface area contributed by atoms with Crippen LogP contribution in [-0.2, 0) is 0 Å². The second-order valence-corrected chi connectivity index (χ2v) is 4.53. The number of hydrogen-bond acceptors (Lipinski definition) is 4. The van der Waals surface area contributed by atoms with Crippen LogP contribution in [0.15, 0.2) is 18.2 Å². The van der Waals surface area contributed by atoms with E-state index in [1.165, 1.54) is 13.5 Å². The minimum atomic E-state index is -0.389. The van der Waals surface area contributed by atoms with E-state index in [9.17, 15) is 10.4 Å². The van der Waals surface area contributed by atoms with Crippen LogP contribution in [0, 0.1) is 11.3 Å². The molecule has 1 aromatic rings. The average molecular weight is 246 g/mol. The summed E-state index contributed by atoms with van der Waals surface area (Å²) in [5.41, 5.74) is 0.638. The number of phenols is 1. The van der Waals surface area contributed by atoms with Crippen LogP contribution in [0.5, 0.6) is 11.5 Å². The number of methoxy groups -OCH3 is 1. The molecule has 0 aliphatic carbocycles. The first-order chi connectivity index (χ1) is 8.77. The zero-order chi connectivity index (χ0) is 13.0. The molecule has 1 aromatic carbocycles. The first kappa shape index (κ1) is 12.7. The molecule has 0 amide bonds. The molecule has 1 heterocycles. The van der Waals surface area contributed by atoms with E-state index in [1.54, 1.807) is 12.1 Å². The van der Waals surface area contributed by atoms with Crippen molar-refractivity contribution in [2.24, 2.45) is 0 Å². The quantitative estimate of drug-likeness (QED) is 0.890. The normalized spacial score (nSPS) is 18.0. The minimum absolute atomic E-state index is 0.0807. The highest BCUT2D eigenvalue weighted by molar-refractivity contribution is 5.48. The van der Waals surface area contributed by atoms with Crippen molar-refractivity contribution >= 4 is 0 Å². The lowest BCUT2D eigenvalue weighted by Gasteiger charge is -2.31. The lowest BCUT2D eigenvalue weighted by molar-refractivity contribution is 0.193. The second-order valence-electron chi connectivity index (χ2n) is 4.53. The molecule has 1 atom stereocenters. The molecule has 2 rings (SSSR count). The largest absolute Gasteiger partial charge is 0.504 e. The lowest BCUT2D eigenvalue weighted by atomic mass is 10.0. The van der Waals surface area contributed by atoms with Gasteiger partial charge in [-0.05, 0) is 32.0 Å². The summed E-state index contributed by atoms with van der Waals surface area (Å²) in [6.07, 6.45) is 3.45. The Balaban J connectivity index is 2.30. The van der Waals surface area contributed by atoms with Crippen LogP contribution in [0.25, 0.3) is 0 Å². The summed E-state index contributed by atoms with van der Waals surface area (Å²) >= 11 is 0. The van der Waals surface area contributed by atoms with Crippen LogP contribution >= 0.6 is 0 Å². The van der Waals surface area contributed by atoms with Gasteiger partial charge < -0.3 is 9.84 Å². The van der Waals surface area contributed by atoms with Gasteiger partial charge in [-0.1, -0.05) is 18.6 Å². The summed E-state index contributed by atoms with van der Waals surface area (Å²) < 4.78 is 5.09. The molecule has 0 bridgehead atoms. The van der Waals surface area contributed by atoms with E-state index in [0.717, 1.165) is 25.9 Å². The van der Waals surface area contributed by atoms with Gasteiger partial charge in [0, 0.05) is 5.56 Å². The second kappa shape index (κ2) is 5.74. The van der Waals surface area contributed by atoms with E-state index in [-0.39, 0.29) is 11.8 Å². The van der Waals surface area contributed by atoms with Gasteiger partial charge in [-0.25, -0.2) is 0 Å². The molecule has 1 aliphatic rings. The molecule has 1 aliphatic heterocycles. The molecule has 1 saturated heterocycles. The minimum Gasteiger partial charge on any atom is -0.504 e. The molecule has 4 heteroatoms. The zero-order valence-corrected chi connectivity index (χ0v) is 10.6. The first-order valence-electron chi connectivity index (χ1n) is 6.27. The van der Waals surface area contributed by atoms with Gasteiger partial charge in [0.05, 0.1) is 13.2 Å². The molecule has 1 N–H and O–H groups in total. The fraction of sp³-hybridized carbons (Fsp3) is 0.500. The number of para-hydroxylation sites is 1. The Morgan fingerprint density at radius 1 is 1.33 bits per heavy atom. The van der Waals surface area contributed by atoms with Gasteiger partial charge >= 0.3 is 0 Å². The van der Waals surface area contributed by atoms with Crippen LogP contribution in [0.2, 0.25) is 0 Å². The van der Waals surface area contributed by atoms with Crippen LogP contribution < -0.4 is 4.74 Å². The van der Waals surface area contributed by atoms with Crippen molar-refractivity contribution in [2.45, 2.75) is 25.3 Å². The molecule has 0 radical (unpaired) electrons. The number of rotatable bonds is 3. The number of phenolic OH excluding ortho intramolecular Hbond substituents is 1. The standard InChI is InChI=1S/C14H18N2O2/c1-18-13-7-5-6-11(14(13)17)12(10-15)16-8-3-2-4-9-16/h5-7,12,17H,2-4,8-9H2,1H3/t12-/m0/s1. The topological polar surface area (TPSA) is 56.5 Å². The van der Waals surface area contributed by atoms with Crippen molar-refractivity contribution in [3.8, 4) is 17.6 Å². The number of ether oxygens (including phenoxy) is 1. The number of piperidine rings is 1. The third-order valence-corrected chi connectivity index (χ3v) is 3.42. The third-order valence-electron chi connectivity index (χ3n) is 3.42. The molecule has 4 nitrogen and oxygen atoms in total. The van der Waals surface area contributed by atoms with Crippen molar-refractivity contribution < 1.29 is 9.84 Å². The van der Waals surface area contributed by atoms with Gasteiger partial charge in [0.1, 0.15) is 6.04 Å². The number of nitriles is 1. The van der Waals surface area contributed by atoms with E-state index >= 15 is 0 Å². The van der Waals surface area contributed by atoms with Crippen molar-refractivity contribution in [2.75, 3.05) is 20.2 Å². The van der Waals surface area contributed by atoms with Gasteiger partial charge in [0.25, 0.3) is 0 Å². The van der Waals surface area contributed by atoms with Crippen LogP contribution in [0.4, 0.5) is 0 Å². The predicted octanol–water partition coefficient (Wildman–Crippen LogP) is 2.45. The molecule has 0 spiro atoms. The fourth-order valence-corrected chi connectivity index (χ4v) is 2.45. The highest BCUT2D eigenvalue weighted by atomic mass is 16.5. The van der Waals surface area contributed by atoms with Gasteiger partial charge in [0.15, 0.2) is 11.5 Å².